The number of hydrogen-bond donors (Lipinski definition) is 0. The van der Waals surface area contributed by atoms with Gasteiger partial charge in [0.15, 0.2) is 6.29 Å². The predicted molar refractivity (Wildman–Crippen MR) is 79.9 cm³/mol. The van der Waals surface area contributed by atoms with Gasteiger partial charge in [0, 0.05) is 11.1 Å². The molecule has 0 saturated heterocycles. The summed E-state index contributed by atoms with van der Waals surface area (Å²) in [7, 11) is 3.20. The first kappa shape index (κ1) is 13.9. The van der Waals surface area contributed by atoms with Gasteiger partial charge in [-0.15, -0.1) is 0 Å². The molecule has 0 spiro atoms. The monoisotopic (exact) mass is 268 g/mol. The van der Waals surface area contributed by atoms with E-state index >= 15 is 0 Å². The molecule has 0 atom stereocenters. The van der Waals surface area contributed by atoms with Crippen LogP contribution in [-0.2, 0) is 4.79 Å². The van der Waals surface area contributed by atoms with Crippen molar-refractivity contribution in [1.82, 2.24) is 0 Å². The number of ether oxygens (including phenoxy) is 2. The lowest BCUT2D eigenvalue weighted by Crippen LogP contribution is -1.91. The van der Waals surface area contributed by atoms with Crippen molar-refractivity contribution in [3.63, 3.8) is 0 Å². The first-order chi connectivity index (χ1) is 9.78. The van der Waals surface area contributed by atoms with Crippen LogP contribution in [0.3, 0.4) is 0 Å². The molecule has 2 aromatic rings. The number of hydrogen-bond acceptors (Lipinski definition) is 3. The van der Waals surface area contributed by atoms with Gasteiger partial charge in [0.1, 0.15) is 11.5 Å². The molecule has 0 fully saturated rings. The smallest absolute Gasteiger partial charge is 0.150 e. The summed E-state index contributed by atoms with van der Waals surface area (Å²) in [5, 5.41) is 0. The van der Waals surface area contributed by atoms with E-state index < -0.39 is 0 Å². The van der Waals surface area contributed by atoms with E-state index in [4.69, 9.17) is 9.47 Å². The molecule has 0 aliphatic heterocycles. The van der Waals surface area contributed by atoms with Crippen molar-refractivity contribution in [2.24, 2.45) is 0 Å². The summed E-state index contributed by atoms with van der Waals surface area (Å²) < 4.78 is 10.5. The molecule has 3 nitrogen and oxygen atoms in total. The Balaban J connectivity index is 2.49. The number of carbonyl (C=O) groups excluding carboxylic acids is 1. The molecule has 0 saturated carbocycles. The van der Waals surface area contributed by atoms with Gasteiger partial charge in [0.25, 0.3) is 0 Å². The van der Waals surface area contributed by atoms with Crippen LogP contribution in [0.4, 0.5) is 0 Å². The maximum atomic E-state index is 11.3. The van der Waals surface area contributed by atoms with Gasteiger partial charge in [-0.1, -0.05) is 30.3 Å². The van der Waals surface area contributed by atoms with E-state index in [-0.39, 0.29) is 0 Å². The van der Waals surface area contributed by atoms with E-state index in [2.05, 4.69) is 0 Å². The molecule has 0 unspecified atom stereocenters. The van der Waals surface area contributed by atoms with Gasteiger partial charge in [-0.3, -0.25) is 4.79 Å². The molecule has 102 valence electrons. The fourth-order valence-corrected chi connectivity index (χ4v) is 1.94. The van der Waals surface area contributed by atoms with Crippen molar-refractivity contribution in [3.8, 4) is 11.5 Å². The first-order valence-corrected chi connectivity index (χ1v) is 6.23. The van der Waals surface area contributed by atoms with E-state index in [0.717, 1.165) is 23.2 Å². The molecule has 0 bridgehead atoms. The number of methoxy groups -OCH3 is 2. The minimum Gasteiger partial charge on any atom is -0.497 e. The Bertz CT molecular complexity index is 615. The highest BCUT2D eigenvalue weighted by molar-refractivity contribution is 6.13. The first-order valence-electron chi connectivity index (χ1n) is 6.23. The molecule has 2 rings (SSSR count). The summed E-state index contributed by atoms with van der Waals surface area (Å²) in [6, 6.07) is 15.0. The number of aldehydes is 1. The van der Waals surface area contributed by atoms with Gasteiger partial charge >= 0.3 is 0 Å². The average molecular weight is 268 g/mol. The third-order valence-corrected chi connectivity index (χ3v) is 2.98. The van der Waals surface area contributed by atoms with Crippen molar-refractivity contribution >= 4 is 17.9 Å². The van der Waals surface area contributed by atoms with Crippen LogP contribution in [0.15, 0.2) is 48.5 Å². The minimum atomic E-state index is 0.595. The fourth-order valence-electron chi connectivity index (χ4n) is 1.94. The molecule has 0 aliphatic rings. The lowest BCUT2D eigenvalue weighted by molar-refractivity contribution is -0.103. The molecule has 0 heterocycles. The number of benzene rings is 2. The van der Waals surface area contributed by atoms with Crippen LogP contribution in [0.1, 0.15) is 11.1 Å². The van der Waals surface area contributed by atoms with Gasteiger partial charge in [-0.2, -0.15) is 0 Å². The van der Waals surface area contributed by atoms with E-state index in [1.807, 2.05) is 48.5 Å². The Morgan fingerprint density at radius 1 is 1.00 bits per heavy atom. The van der Waals surface area contributed by atoms with Gasteiger partial charge in [0.05, 0.1) is 14.2 Å². The molecule has 0 aromatic heterocycles. The fraction of sp³-hybridized carbons (Fsp3) is 0.118. The van der Waals surface area contributed by atoms with Crippen molar-refractivity contribution in [2.75, 3.05) is 14.2 Å². The molecular weight excluding hydrogens is 252 g/mol. The molecule has 20 heavy (non-hydrogen) atoms. The second-order valence-corrected chi connectivity index (χ2v) is 4.19. The number of carbonyl (C=O) groups is 1. The maximum Gasteiger partial charge on any atom is 0.150 e. The van der Waals surface area contributed by atoms with Crippen LogP contribution in [0.25, 0.3) is 11.6 Å². The van der Waals surface area contributed by atoms with Crippen LogP contribution >= 0.6 is 0 Å². The lowest BCUT2D eigenvalue weighted by Gasteiger charge is -2.08. The molecule has 3 heteroatoms. The Labute approximate surface area is 118 Å². The minimum absolute atomic E-state index is 0.595. The largest absolute Gasteiger partial charge is 0.497 e. The molecule has 0 aliphatic carbocycles. The van der Waals surface area contributed by atoms with E-state index in [9.17, 15) is 4.79 Å². The highest BCUT2D eigenvalue weighted by Crippen LogP contribution is 2.27. The maximum absolute atomic E-state index is 11.3. The zero-order chi connectivity index (χ0) is 14.4. The molecule has 2 aromatic carbocycles. The van der Waals surface area contributed by atoms with Crippen LogP contribution in [-0.4, -0.2) is 20.5 Å². The summed E-state index contributed by atoms with van der Waals surface area (Å²) >= 11 is 0. The summed E-state index contributed by atoms with van der Waals surface area (Å²) in [6.07, 6.45) is 2.64. The van der Waals surface area contributed by atoms with Crippen molar-refractivity contribution < 1.29 is 14.3 Å². The third kappa shape index (κ3) is 3.06. The number of allylic oxidation sites excluding steroid dienone is 1. The van der Waals surface area contributed by atoms with Crippen LogP contribution in [0.5, 0.6) is 11.5 Å². The zero-order valence-corrected chi connectivity index (χ0v) is 11.5. The summed E-state index contributed by atoms with van der Waals surface area (Å²) in [5.41, 5.74) is 2.27. The topological polar surface area (TPSA) is 35.5 Å². The molecule has 0 N–H and O–H groups in total. The van der Waals surface area contributed by atoms with Gasteiger partial charge in [-0.05, 0) is 29.8 Å². The van der Waals surface area contributed by atoms with Gasteiger partial charge in [0.2, 0.25) is 0 Å². The lowest BCUT2D eigenvalue weighted by atomic mass is 10.0. The van der Waals surface area contributed by atoms with Crippen molar-refractivity contribution in [1.29, 1.82) is 0 Å². The quantitative estimate of drug-likeness (QED) is 0.473. The highest BCUT2D eigenvalue weighted by atomic mass is 16.5. The zero-order valence-electron chi connectivity index (χ0n) is 11.5. The average Bonchev–Trinajstić information content (AvgIpc) is 2.53. The Kier molecular flexibility index (Phi) is 4.56. The summed E-state index contributed by atoms with van der Waals surface area (Å²) in [5.74, 6) is 1.41. The second-order valence-electron chi connectivity index (χ2n) is 4.19. The Hall–Kier alpha value is -2.55. The van der Waals surface area contributed by atoms with Gasteiger partial charge < -0.3 is 9.47 Å². The third-order valence-electron chi connectivity index (χ3n) is 2.98. The molecule has 0 radical (unpaired) electrons. The van der Waals surface area contributed by atoms with Crippen molar-refractivity contribution in [3.05, 3.63) is 59.7 Å². The Morgan fingerprint density at radius 2 is 1.75 bits per heavy atom. The SMILES string of the molecule is COc1ccc(OC)c(/C=C(/C=O)c2ccccc2)c1. The van der Waals surface area contributed by atoms with Gasteiger partial charge in [-0.25, -0.2) is 0 Å². The normalized spacial score (nSPS) is 11.0. The van der Waals surface area contributed by atoms with Crippen LogP contribution < -0.4 is 9.47 Å². The highest BCUT2D eigenvalue weighted by Gasteiger charge is 2.06. The number of rotatable bonds is 5. The van der Waals surface area contributed by atoms with Crippen LogP contribution in [0.2, 0.25) is 0 Å². The van der Waals surface area contributed by atoms with E-state index in [1.165, 1.54) is 0 Å². The standard InChI is InChI=1S/C17H16O3/c1-19-16-8-9-17(20-2)14(11-16)10-15(12-18)13-6-4-3-5-7-13/h3-12H,1-2H3/b15-10-. The van der Waals surface area contributed by atoms with Crippen LogP contribution in [0, 0.1) is 0 Å². The molecule has 0 amide bonds. The van der Waals surface area contributed by atoms with E-state index in [1.54, 1.807) is 20.3 Å². The summed E-state index contributed by atoms with van der Waals surface area (Å²) in [4.78, 5) is 11.3. The predicted octanol–water partition coefficient (Wildman–Crippen LogP) is 3.44. The second kappa shape index (κ2) is 6.57. The van der Waals surface area contributed by atoms with Crippen molar-refractivity contribution in [2.45, 2.75) is 0 Å². The summed E-state index contributed by atoms with van der Waals surface area (Å²) in [6.45, 7) is 0. The Morgan fingerprint density at radius 3 is 2.35 bits per heavy atom. The molecular formula is C17H16O3. The van der Waals surface area contributed by atoms with E-state index in [0.29, 0.717) is 11.3 Å².